The molecule has 3 rings (SSSR count). The molecule has 1 fully saturated rings. The van der Waals surface area contributed by atoms with Gasteiger partial charge in [0.1, 0.15) is 6.10 Å². The van der Waals surface area contributed by atoms with Crippen molar-refractivity contribution in [3.63, 3.8) is 0 Å². The van der Waals surface area contributed by atoms with Gasteiger partial charge in [0, 0.05) is 6.54 Å². The smallest absolute Gasteiger partial charge is 0.227 e. The van der Waals surface area contributed by atoms with E-state index in [1.165, 1.54) is 5.56 Å². The summed E-state index contributed by atoms with van der Waals surface area (Å²) in [5.41, 5.74) is 3.40. The fourth-order valence-electron chi connectivity index (χ4n) is 2.85. The molecule has 1 aliphatic rings. The molecule has 0 radical (unpaired) electrons. The number of carbonyl (C=O) groups excluding carboxylic acids is 1. The van der Waals surface area contributed by atoms with Crippen LogP contribution in [0.3, 0.4) is 0 Å². The summed E-state index contributed by atoms with van der Waals surface area (Å²) >= 11 is 0. The van der Waals surface area contributed by atoms with Gasteiger partial charge in [-0.1, -0.05) is 60.2 Å². The highest BCUT2D eigenvalue weighted by molar-refractivity contribution is 5.79. The van der Waals surface area contributed by atoms with Crippen LogP contribution in [0.15, 0.2) is 54.6 Å². The predicted molar refractivity (Wildman–Crippen MR) is 86.6 cm³/mol. The zero-order valence-corrected chi connectivity index (χ0v) is 12.9. The number of ether oxygens (including phenoxy) is 1. The van der Waals surface area contributed by atoms with Crippen LogP contribution in [0.1, 0.15) is 22.8 Å². The first kappa shape index (κ1) is 14.8. The largest absolute Gasteiger partial charge is 0.370 e. The Morgan fingerprint density at radius 3 is 2.77 bits per heavy atom. The van der Waals surface area contributed by atoms with Crippen LogP contribution in [-0.4, -0.2) is 30.5 Å². The van der Waals surface area contributed by atoms with Gasteiger partial charge >= 0.3 is 0 Å². The second kappa shape index (κ2) is 6.75. The fraction of sp³-hybridized carbons (Fsp3) is 0.316. The second-order valence-corrected chi connectivity index (χ2v) is 5.78. The van der Waals surface area contributed by atoms with E-state index in [1.807, 2.05) is 48.2 Å². The third-order valence-electron chi connectivity index (χ3n) is 4.03. The number of aryl methyl sites for hydroxylation is 1. The highest BCUT2D eigenvalue weighted by Crippen LogP contribution is 2.22. The number of benzene rings is 2. The van der Waals surface area contributed by atoms with Gasteiger partial charge in [-0.25, -0.2) is 0 Å². The second-order valence-electron chi connectivity index (χ2n) is 5.78. The quantitative estimate of drug-likeness (QED) is 0.870. The van der Waals surface area contributed by atoms with Crippen molar-refractivity contribution < 1.29 is 9.53 Å². The molecule has 2 aromatic carbocycles. The van der Waals surface area contributed by atoms with Gasteiger partial charge in [-0.05, 0) is 18.1 Å². The van der Waals surface area contributed by atoms with Gasteiger partial charge in [0.25, 0.3) is 0 Å². The molecular formula is C19H21NO2. The summed E-state index contributed by atoms with van der Waals surface area (Å²) in [6, 6.07) is 18.3. The lowest BCUT2D eigenvalue weighted by molar-refractivity contribution is -0.138. The minimum Gasteiger partial charge on any atom is -0.370 e. The molecule has 0 spiro atoms. The zero-order valence-electron chi connectivity index (χ0n) is 12.9. The van der Waals surface area contributed by atoms with Crippen molar-refractivity contribution in [2.45, 2.75) is 19.4 Å². The number of carbonyl (C=O) groups is 1. The van der Waals surface area contributed by atoms with Crippen molar-refractivity contribution in [1.29, 1.82) is 0 Å². The minimum absolute atomic E-state index is 0.0172. The number of rotatable bonds is 3. The maximum Gasteiger partial charge on any atom is 0.227 e. The Morgan fingerprint density at radius 2 is 2.00 bits per heavy atom. The average molecular weight is 295 g/mol. The lowest BCUT2D eigenvalue weighted by Crippen LogP contribution is -2.42. The van der Waals surface area contributed by atoms with Crippen LogP contribution < -0.4 is 0 Å². The van der Waals surface area contributed by atoms with E-state index < -0.39 is 0 Å². The van der Waals surface area contributed by atoms with Crippen molar-refractivity contribution in [2.24, 2.45) is 0 Å². The first-order valence-corrected chi connectivity index (χ1v) is 7.72. The van der Waals surface area contributed by atoms with Gasteiger partial charge in [0.15, 0.2) is 0 Å². The van der Waals surface area contributed by atoms with Crippen LogP contribution in [0.5, 0.6) is 0 Å². The third-order valence-corrected chi connectivity index (χ3v) is 4.03. The minimum atomic E-state index is -0.0172. The number of hydrogen-bond donors (Lipinski definition) is 0. The predicted octanol–water partition coefficient (Wildman–Crippen LogP) is 3.14. The summed E-state index contributed by atoms with van der Waals surface area (Å²) in [5, 5.41) is 0. The van der Waals surface area contributed by atoms with Crippen LogP contribution in [0.25, 0.3) is 0 Å². The summed E-state index contributed by atoms with van der Waals surface area (Å²) in [7, 11) is 0. The number of morpholine rings is 1. The molecule has 0 saturated carbocycles. The lowest BCUT2D eigenvalue weighted by atomic mass is 10.1. The summed E-state index contributed by atoms with van der Waals surface area (Å²) in [5.74, 6) is 0.176. The molecular weight excluding hydrogens is 274 g/mol. The van der Waals surface area contributed by atoms with Crippen molar-refractivity contribution in [1.82, 2.24) is 4.90 Å². The Bertz CT molecular complexity index is 639. The summed E-state index contributed by atoms with van der Waals surface area (Å²) < 4.78 is 5.82. The first-order chi connectivity index (χ1) is 10.7. The SMILES string of the molecule is Cc1cccc(CC(=O)N2CCO[C@H](c3ccccc3)C2)c1. The first-order valence-electron chi connectivity index (χ1n) is 7.72. The zero-order chi connectivity index (χ0) is 15.4. The number of nitrogens with zero attached hydrogens (tertiary/aromatic N) is 1. The van der Waals surface area contributed by atoms with E-state index in [4.69, 9.17) is 4.74 Å². The van der Waals surface area contributed by atoms with Gasteiger partial charge in [-0.2, -0.15) is 0 Å². The Balaban J connectivity index is 1.65. The number of amides is 1. The van der Waals surface area contributed by atoms with Gasteiger partial charge < -0.3 is 9.64 Å². The van der Waals surface area contributed by atoms with Crippen LogP contribution in [-0.2, 0) is 16.0 Å². The normalized spacial score (nSPS) is 18.2. The van der Waals surface area contributed by atoms with Crippen LogP contribution >= 0.6 is 0 Å². The van der Waals surface area contributed by atoms with E-state index in [1.54, 1.807) is 0 Å². The van der Waals surface area contributed by atoms with E-state index in [0.29, 0.717) is 26.1 Å². The maximum atomic E-state index is 12.5. The molecule has 1 aliphatic heterocycles. The molecule has 3 heteroatoms. The van der Waals surface area contributed by atoms with Crippen LogP contribution in [0.4, 0.5) is 0 Å². The average Bonchev–Trinajstić information content (AvgIpc) is 2.56. The molecule has 1 atom stereocenters. The lowest BCUT2D eigenvalue weighted by Gasteiger charge is -2.33. The molecule has 1 heterocycles. The van der Waals surface area contributed by atoms with E-state index in [9.17, 15) is 4.79 Å². The highest BCUT2D eigenvalue weighted by atomic mass is 16.5. The summed E-state index contributed by atoms with van der Waals surface area (Å²) in [6.07, 6.45) is 0.444. The fourth-order valence-corrected chi connectivity index (χ4v) is 2.85. The molecule has 2 aromatic rings. The van der Waals surface area contributed by atoms with E-state index >= 15 is 0 Å². The molecule has 0 aliphatic carbocycles. The van der Waals surface area contributed by atoms with Crippen LogP contribution in [0, 0.1) is 6.92 Å². The maximum absolute atomic E-state index is 12.5. The molecule has 1 amide bonds. The van der Waals surface area contributed by atoms with Gasteiger partial charge in [-0.15, -0.1) is 0 Å². The van der Waals surface area contributed by atoms with Crippen LogP contribution in [0.2, 0.25) is 0 Å². The highest BCUT2D eigenvalue weighted by Gasteiger charge is 2.25. The number of hydrogen-bond acceptors (Lipinski definition) is 2. The Morgan fingerprint density at radius 1 is 1.18 bits per heavy atom. The molecule has 0 unspecified atom stereocenters. The molecule has 22 heavy (non-hydrogen) atoms. The molecule has 0 aromatic heterocycles. The van der Waals surface area contributed by atoms with Crippen molar-refractivity contribution in [3.05, 3.63) is 71.3 Å². The molecule has 114 valence electrons. The third kappa shape index (κ3) is 3.55. The Hall–Kier alpha value is -2.13. The topological polar surface area (TPSA) is 29.5 Å². The summed E-state index contributed by atoms with van der Waals surface area (Å²) in [6.45, 7) is 3.95. The van der Waals surface area contributed by atoms with E-state index in [0.717, 1.165) is 11.1 Å². The summed E-state index contributed by atoms with van der Waals surface area (Å²) in [4.78, 5) is 14.4. The molecule has 3 nitrogen and oxygen atoms in total. The monoisotopic (exact) mass is 295 g/mol. The Labute approximate surface area is 131 Å². The molecule has 0 N–H and O–H groups in total. The molecule has 0 bridgehead atoms. The van der Waals surface area contributed by atoms with E-state index in [-0.39, 0.29) is 12.0 Å². The van der Waals surface area contributed by atoms with Crippen molar-refractivity contribution in [2.75, 3.05) is 19.7 Å². The molecule has 1 saturated heterocycles. The van der Waals surface area contributed by atoms with Crippen molar-refractivity contribution >= 4 is 5.91 Å². The van der Waals surface area contributed by atoms with Gasteiger partial charge in [0.05, 0.1) is 19.6 Å². The van der Waals surface area contributed by atoms with E-state index in [2.05, 4.69) is 18.2 Å². The van der Waals surface area contributed by atoms with Gasteiger partial charge in [-0.3, -0.25) is 4.79 Å². The van der Waals surface area contributed by atoms with Gasteiger partial charge in [0.2, 0.25) is 5.91 Å². The Kier molecular flexibility index (Phi) is 4.54. The standard InChI is InChI=1S/C19H21NO2/c1-15-6-5-7-16(12-15)13-19(21)20-10-11-22-18(14-20)17-8-3-2-4-9-17/h2-9,12,18H,10-11,13-14H2,1H3/t18-/m0/s1. The van der Waals surface area contributed by atoms with Crippen molar-refractivity contribution in [3.8, 4) is 0 Å².